The first-order valence-electron chi connectivity index (χ1n) is 4.92. The molecule has 0 heterocycles. The highest BCUT2D eigenvalue weighted by Crippen LogP contribution is 2.17. The summed E-state index contributed by atoms with van der Waals surface area (Å²) in [6.45, 7) is 0.636. The predicted molar refractivity (Wildman–Crippen MR) is 92.8 cm³/mol. The minimum Gasteiger partial charge on any atom is -0.508 e. The molecule has 0 amide bonds. The fourth-order valence-corrected chi connectivity index (χ4v) is 1.41. The van der Waals surface area contributed by atoms with Gasteiger partial charge in [-0.2, -0.15) is 0 Å². The van der Waals surface area contributed by atoms with Gasteiger partial charge in [0.15, 0.2) is 0 Å². The smallest absolute Gasteiger partial charge is 0.120 e. The van der Waals surface area contributed by atoms with Gasteiger partial charge in [0.2, 0.25) is 0 Å². The minimum absolute atomic E-state index is 0. The van der Waals surface area contributed by atoms with Gasteiger partial charge in [-0.25, -0.2) is 0 Å². The summed E-state index contributed by atoms with van der Waals surface area (Å²) in [6.07, 6.45) is 0. The van der Waals surface area contributed by atoms with Gasteiger partial charge in [-0.05, 0) is 18.2 Å². The van der Waals surface area contributed by atoms with Gasteiger partial charge < -0.3 is 10.4 Å². The second-order valence-electron chi connectivity index (χ2n) is 3.35. The molecule has 100 valence electrons. The van der Waals surface area contributed by atoms with Gasteiger partial charge in [0.05, 0.1) is 0 Å². The predicted octanol–water partition coefficient (Wildman–Crippen LogP) is 4.74. The molecule has 18 heavy (non-hydrogen) atoms. The molecule has 0 aliphatic rings. The number of anilines is 1. The fourth-order valence-electron chi connectivity index (χ4n) is 1.41. The molecule has 0 saturated heterocycles. The molecule has 2 N–H and O–H groups in total. The van der Waals surface area contributed by atoms with E-state index in [1.807, 2.05) is 48.5 Å². The number of para-hydroxylation sites is 2. The maximum absolute atomic E-state index is 9.55. The summed E-state index contributed by atoms with van der Waals surface area (Å²) in [4.78, 5) is 0. The van der Waals surface area contributed by atoms with Crippen LogP contribution in [0.5, 0.6) is 5.75 Å². The van der Waals surface area contributed by atoms with Crippen molar-refractivity contribution in [3.8, 4) is 5.75 Å². The third-order valence-corrected chi connectivity index (χ3v) is 2.25. The molecular weight excluding hydrogens is 426 g/mol. The van der Waals surface area contributed by atoms with Gasteiger partial charge in [0.1, 0.15) is 5.75 Å². The van der Waals surface area contributed by atoms with Crippen molar-refractivity contribution in [1.82, 2.24) is 0 Å². The number of rotatable bonds is 3. The van der Waals surface area contributed by atoms with Crippen LogP contribution in [-0.4, -0.2) is 5.11 Å². The molecular formula is C13H16Br3NO. The fraction of sp³-hybridized carbons (Fsp3) is 0.0769. The Morgan fingerprint density at radius 1 is 0.778 bits per heavy atom. The van der Waals surface area contributed by atoms with Crippen molar-refractivity contribution < 1.29 is 5.11 Å². The Hall–Kier alpha value is -0.520. The van der Waals surface area contributed by atoms with Gasteiger partial charge in [-0.15, -0.1) is 50.9 Å². The molecule has 2 nitrogen and oxygen atoms in total. The van der Waals surface area contributed by atoms with Crippen molar-refractivity contribution in [1.29, 1.82) is 0 Å². The lowest BCUT2D eigenvalue weighted by molar-refractivity contribution is 0.469. The first kappa shape index (κ1) is 19.8. The first-order chi connectivity index (χ1) is 7.36. The highest BCUT2D eigenvalue weighted by molar-refractivity contribution is 8.93. The maximum Gasteiger partial charge on any atom is 0.120 e. The average Bonchev–Trinajstić information content (AvgIpc) is 2.29. The molecule has 0 bridgehead atoms. The summed E-state index contributed by atoms with van der Waals surface area (Å²) in [6, 6.07) is 17.3. The number of benzene rings is 2. The van der Waals surface area contributed by atoms with E-state index in [2.05, 4.69) is 5.32 Å². The monoisotopic (exact) mass is 439 g/mol. The second kappa shape index (κ2) is 10.4. The van der Waals surface area contributed by atoms with E-state index in [1.165, 1.54) is 0 Å². The quantitative estimate of drug-likeness (QED) is 0.721. The Bertz CT molecular complexity index is 437. The third kappa shape index (κ3) is 5.89. The Kier molecular flexibility index (Phi) is 11.5. The van der Waals surface area contributed by atoms with Gasteiger partial charge >= 0.3 is 0 Å². The Labute approximate surface area is 139 Å². The minimum atomic E-state index is 0. The van der Waals surface area contributed by atoms with Crippen molar-refractivity contribution in [2.24, 2.45) is 0 Å². The molecule has 0 radical (unpaired) electrons. The third-order valence-electron chi connectivity index (χ3n) is 2.25. The van der Waals surface area contributed by atoms with Crippen LogP contribution in [0.4, 0.5) is 5.69 Å². The second-order valence-corrected chi connectivity index (χ2v) is 3.35. The molecule has 0 fully saturated rings. The van der Waals surface area contributed by atoms with E-state index in [0.717, 1.165) is 11.3 Å². The lowest BCUT2D eigenvalue weighted by atomic mass is 10.2. The van der Waals surface area contributed by atoms with Crippen molar-refractivity contribution >= 4 is 56.6 Å². The van der Waals surface area contributed by atoms with Crippen LogP contribution in [0.1, 0.15) is 5.56 Å². The van der Waals surface area contributed by atoms with Crippen LogP contribution in [0.25, 0.3) is 0 Å². The molecule has 0 aromatic heterocycles. The number of phenols is 1. The number of phenolic OH excluding ortho intramolecular Hbond substituents is 1. The van der Waals surface area contributed by atoms with Gasteiger partial charge in [0, 0.05) is 17.8 Å². The zero-order valence-corrected chi connectivity index (χ0v) is 14.7. The summed E-state index contributed by atoms with van der Waals surface area (Å²) in [7, 11) is 0. The Morgan fingerprint density at radius 3 is 1.94 bits per heavy atom. The molecule has 2 aromatic carbocycles. The average molecular weight is 442 g/mol. The van der Waals surface area contributed by atoms with E-state index >= 15 is 0 Å². The lowest BCUT2D eigenvalue weighted by Crippen LogP contribution is -1.98. The van der Waals surface area contributed by atoms with Crippen LogP contribution in [0, 0.1) is 0 Å². The first-order valence-corrected chi connectivity index (χ1v) is 4.92. The van der Waals surface area contributed by atoms with Crippen molar-refractivity contribution in [2.45, 2.75) is 6.54 Å². The van der Waals surface area contributed by atoms with Crippen molar-refractivity contribution in [3.63, 3.8) is 0 Å². The highest BCUT2D eigenvalue weighted by atomic mass is 79.9. The molecule has 0 unspecified atom stereocenters. The summed E-state index contributed by atoms with van der Waals surface area (Å²) in [5, 5.41) is 12.8. The van der Waals surface area contributed by atoms with E-state index < -0.39 is 0 Å². The van der Waals surface area contributed by atoms with E-state index in [-0.39, 0.29) is 50.9 Å². The van der Waals surface area contributed by atoms with Gasteiger partial charge in [0.25, 0.3) is 0 Å². The highest BCUT2D eigenvalue weighted by Gasteiger charge is 1.98. The largest absolute Gasteiger partial charge is 0.508 e. The zero-order valence-electron chi connectivity index (χ0n) is 9.58. The molecule has 2 aromatic rings. The van der Waals surface area contributed by atoms with Crippen LogP contribution < -0.4 is 5.32 Å². The molecule has 0 aliphatic carbocycles. The Morgan fingerprint density at radius 2 is 1.33 bits per heavy atom. The van der Waals surface area contributed by atoms with Gasteiger partial charge in [-0.3, -0.25) is 0 Å². The molecule has 2 rings (SSSR count). The van der Waals surface area contributed by atoms with Gasteiger partial charge in [-0.1, -0.05) is 36.4 Å². The van der Waals surface area contributed by atoms with E-state index in [4.69, 9.17) is 0 Å². The van der Waals surface area contributed by atoms with E-state index in [9.17, 15) is 5.11 Å². The summed E-state index contributed by atoms with van der Waals surface area (Å²) >= 11 is 0. The molecule has 0 atom stereocenters. The number of hydrogen-bond donors (Lipinski definition) is 2. The number of nitrogens with one attached hydrogen (secondary N) is 1. The number of halogens is 3. The van der Waals surface area contributed by atoms with Crippen LogP contribution in [-0.2, 0) is 6.54 Å². The van der Waals surface area contributed by atoms with Crippen LogP contribution in [0.2, 0.25) is 0 Å². The van der Waals surface area contributed by atoms with Crippen molar-refractivity contribution in [3.05, 3.63) is 60.2 Å². The summed E-state index contributed by atoms with van der Waals surface area (Å²) < 4.78 is 0. The number of aromatic hydroxyl groups is 1. The Balaban J connectivity index is 0. The lowest BCUT2D eigenvalue weighted by Gasteiger charge is -2.07. The SMILES string of the molecule is Br.Br.Br.Oc1ccccc1CNc1ccccc1. The van der Waals surface area contributed by atoms with Crippen LogP contribution in [0.15, 0.2) is 54.6 Å². The maximum atomic E-state index is 9.55. The summed E-state index contributed by atoms with van der Waals surface area (Å²) in [5.41, 5.74) is 1.96. The zero-order chi connectivity index (χ0) is 10.5. The number of hydrogen-bond acceptors (Lipinski definition) is 2. The normalized spacial score (nSPS) is 8.22. The molecule has 0 aliphatic heterocycles. The van der Waals surface area contributed by atoms with E-state index in [0.29, 0.717) is 12.3 Å². The van der Waals surface area contributed by atoms with Crippen LogP contribution in [0.3, 0.4) is 0 Å². The summed E-state index contributed by atoms with van der Waals surface area (Å²) in [5.74, 6) is 0.334. The van der Waals surface area contributed by atoms with E-state index in [1.54, 1.807) is 6.07 Å². The van der Waals surface area contributed by atoms with Crippen molar-refractivity contribution in [2.75, 3.05) is 5.32 Å². The standard InChI is InChI=1S/C13H13NO.3BrH/c15-13-9-5-4-6-11(13)10-14-12-7-2-1-3-8-12;;;/h1-9,14-15H,10H2;3*1H. The van der Waals surface area contributed by atoms with Crippen LogP contribution >= 0.6 is 50.9 Å². The molecule has 0 spiro atoms. The molecule has 5 heteroatoms. The topological polar surface area (TPSA) is 32.3 Å². The molecule has 0 saturated carbocycles.